The van der Waals surface area contributed by atoms with Crippen molar-refractivity contribution in [3.63, 3.8) is 0 Å². The van der Waals surface area contributed by atoms with Gasteiger partial charge in [0.25, 0.3) is 0 Å². The Hall–Kier alpha value is -0.530. The third kappa shape index (κ3) is 1.31. The summed E-state index contributed by atoms with van der Waals surface area (Å²) in [6.45, 7) is 5.22. The van der Waals surface area contributed by atoms with Crippen LogP contribution in [-0.2, 0) is 4.79 Å². The van der Waals surface area contributed by atoms with E-state index in [1.807, 2.05) is 4.90 Å². The number of likely N-dealkylation sites (tertiary alicyclic amines) is 1. The first-order chi connectivity index (χ1) is 4.75. The zero-order valence-corrected chi connectivity index (χ0v) is 6.76. The van der Waals surface area contributed by atoms with E-state index in [0.29, 0.717) is 11.9 Å². The molecule has 0 aromatic rings. The molecule has 1 atom stereocenters. The fourth-order valence-corrected chi connectivity index (χ4v) is 1.29. The number of nitrogens with zero attached hydrogens (tertiary/aromatic N) is 1. The van der Waals surface area contributed by atoms with Gasteiger partial charge in [0.1, 0.15) is 0 Å². The first-order valence-electron chi connectivity index (χ1n) is 4.05. The molecule has 10 heavy (non-hydrogen) atoms. The van der Waals surface area contributed by atoms with Crippen molar-refractivity contribution in [2.24, 2.45) is 0 Å². The number of carbonyl (C=O) groups excluding carboxylic acids is 1. The van der Waals surface area contributed by atoms with Gasteiger partial charge < -0.3 is 4.90 Å². The van der Waals surface area contributed by atoms with Crippen molar-refractivity contribution in [2.45, 2.75) is 39.2 Å². The van der Waals surface area contributed by atoms with E-state index in [1.54, 1.807) is 0 Å². The van der Waals surface area contributed by atoms with Gasteiger partial charge in [-0.25, -0.2) is 0 Å². The Kier molecular flexibility index (Phi) is 2.30. The van der Waals surface area contributed by atoms with Crippen molar-refractivity contribution in [3.05, 3.63) is 0 Å². The minimum absolute atomic E-state index is 0.334. The normalized spacial score (nSPS) is 24.8. The molecule has 2 heteroatoms. The van der Waals surface area contributed by atoms with Crippen molar-refractivity contribution in [1.29, 1.82) is 0 Å². The second-order valence-electron chi connectivity index (χ2n) is 2.99. The van der Waals surface area contributed by atoms with Crippen LogP contribution in [0.4, 0.5) is 0 Å². The smallest absolute Gasteiger partial charge is 0.224 e. The minimum atomic E-state index is 0.334. The molecule has 58 valence electrons. The van der Waals surface area contributed by atoms with E-state index < -0.39 is 0 Å². The summed E-state index contributed by atoms with van der Waals surface area (Å²) < 4.78 is 0. The van der Waals surface area contributed by atoms with Gasteiger partial charge in [-0.2, -0.15) is 0 Å². The van der Waals surface area contributed by atoms with E-state index in [0.717, 1.165) is 19.4 Å². The Morgan fingerprint density at radius 1 is 1.70 bits per heavy atom. The summed E-state index contributed by atoms with van der Waals surface area (Å²) in [5.41, 5.74) is 0. The number of unbranched alkanes of at least 4 members (excludes halogenated alkanes) is 1. The molecule has 0 N–H and O–H groups in total. The summed E-state index contributed by atoms with van der Waals surface area (Å²) in [6, 6.07) is 0.513. The van der Waals surface area contributed by atoms with Crippen LogP contribution in [0, 0.1) is 0 Å². The fourth-order valence-electron chi connectivity index (χ4n) is 1.29. The van der Waals surface area contributed by atoms with Crippen LogP contribution in [0.2, 0.25) is 0 Å². The number of rotatable bonds is 3. The van der Waals surface area contributed by atoms with Crippen LogP contribution in [0.1, 0.15) is 33.1 Å². The van der Waals surface area contributed by atoms with Gasteiger partial charge in [-0.3, -0.25) is 4.79 Å². The van der Waals surface area contributed by atoms with Crippen LogP contribution in [0.15, 0.2) is 0 Å². The molecule has 0 aromatic carbocycles. The largest absolute Gasteiger partial charge is 0.339 e. The molecule has 0 saturated carbocycles. The highest BCUT2D eigenvalue weighted by Gasteiger charge is 2.30. The average molecular weight is 141 g/mol. The Balaban J connectivity index is 2.20. The quantitative estimate of drug-likeness (QED) is 0.544. The molecule has 1 fully saturated rings. The maximum Gasteiger partial charge on any atom is 0.224 e. The van der Waals surface area contributed by atoms with Gasteiger partial charge in [0.05, 0.1) is 0 Å². The fraction of sp³-hybridized carbons (Fsp3) is 0.875. The van der Waals surface area contributed by atoms with Gasteiger partial charge in [-0.1, -0.05) is 13.3 Å². The molecule has 1 amide bonds. The minimum Gasteiger partial charge on any atom is -0.339 e. The first kappa shape index (κ1) is 7.58. The van der Waals surface area contributed by atoms with Crippen molar-refractivity contribution >= 4 is 5.91 Å². The Bertz CT molecular complexity index is 133. The van der Waals surface area contributed by atoms with Crippen molar-refractivity contribution in [3.8, 4) is 0 Å². The van der Waals surface area contributed by atoms with E-state index in [4.69, 9.17) is 0 Å². The monoisotopic (exact) mass is 141 g/mol. The summed E-state index contributed by atoms with van der Waals surface area (Å²) in [5.74, 6) is 0.334. The molecule has 1 unspecified atom stereocenters. The standard InChI is InChI=1S/C8H15NO/c1-3-4-5-9-7(2)6-8(9)10/h7H,3-6H2,1-2H3. The Morgan fingerprint density at radius 2 is 2.40 bits per heavy atom. The predicted octanol–water partition coefficient (Wildman–Crippen LogP) is 1.41. The van der Waals surface area contributed by atoms with E-state index in [-0.39, 0.29) is 0 Å². The van der Waals surface area contributed by atoms with Crippen LogP contribution >= 0.6 is 0 Å². The molecule has 2 nitrogen and oxygen atoms in total. The van der Waals surface area contributed by atoms with Gasteiger partial charge in [0.2, 0.25) is 5.91 Å². The third-order valence-electron chi connectivity index (χ3n) is 2.08. The second-order valence-corrected chi connectivity index (χ2v) is 2.99. The molecule has 0 aliphatic carbocycles. The van der Waals surface area contributed by atoms with E-state index in [9.17, 15) is 4.79 Å². The summed E-state index contributed by atoms with van der Waals surface area (Å²) >= 11 is 0. The Morgan fingerprint density at radius 3 is 2.80 bits per heavy atom. The Labute approximate surface area is 62.2 Å². The van der Waals surface area contributed by atoms with Crippen LogP contribution in [0.25, 0.3) is 0 Å². The van der Waals surface area contributed by atoms with Crippen molar-refractivity contribution in [2.75, 3.05) is 6.54 Å². The zero-order chi connectivity index (χ0) is 7.56. The number of hydrogen-bond donors (Lipinski definition) is 0. The van der Waals surface area contributed by atoms with Crippen molar-refractivity contribution in [1.82, 2.24) is 4.90 Å². The molecule has 0 spiro atoms. The van der Waals surface area contributed by atoms with E-state index >= 15 is 0 Å². The SMILES string of the molecule is CCCCN1C(=O)CC1C. The maximum atomic E-state index is 10.9. The maximum absolute atomic E-state index is 10.9. The van der Waals surface area contributed by atoms with E-state index in [1.165, 1.54) is 6.42 Å². The molecule has 1 aliphatic heterocycles. The molecule has 1 rings (SSSR count). The third-order valence-corrected chi connectivity index (χ3v) is 2.08. The summed E-state index contributed by atoms with van der Waals surface area (Å²) in [4.78, 5) is 12.8. The van der Waals surface area contributed by atoms with E-state index in [2.05, 4.69) is 13.8 Å². The van der Waals surface area contributed by atoms with Crippen LogP contribution < -0.4 is 0 Å². The van der Waals surface area contributed by atoms with Gasteiger partial charge in [-0.15, -0.1) is 0 Å². The molecule has 1 aliphatic rings. The van der Waals surface area contributed by atoms with Gasteiger partial charge in [0, 0.05) is 19.0 Å². The second kappa shape index (κ2) is 3.04. The van der Waals surface area contributed by atoms with Crippen LogP contribution in [0.5, 0.6) is 0 Å². The molecule has 0 aromatic heterocycles. The molecular formula is C8H15NO. The molecule has 0 radical (unpaired) electrons. The number of β-lactam (4-membered cyclic amide) rings is 1. The van der Waals surface area contributed by atoms with Gasteiger partial charge in [0.15, 0.2) is 0 Å². The topological polar surface area (TPSA) is 20.3 Å². The molecule has 0 bridgehead atoms. The lowest BCUT2D eigenvalue weighted by atomic mass is 10.0. The number of hydrogen-bond acceptors (Lipinski definition) is 1. The molecule has 1 saturated heterocycles. The van der Waals surface area contributed by atoms with Crippen molar-refractivity contribution < 1.29 is 4.79 Å². The average Bonchev–Trinajstić information content (AvgIpc) is 1.89. The highest BCUT2D eigenvalue weighted by atomic mass is 16.2. The first-order valence-corrected chi connectivity index (χ1v) is 4.05. The number of amides is 1. The lowest BCUT2D eigenvalue weighted by molar-refractivity contribution is -0.144. The van der Waals surface area contributed by atoms with Gasteiger partial charge in [-0.05, 0) is 13.3 Å². The number of carbonyl (C=O) groups is 1. The van der Waals surface area contributed by atoms with Gasteiger partial charge >= 0.3 is 0 Å². The highest BCUT2D eigenvalue weighted by molar-refractivity contribution is 5.82. The lowest BCUT2D eigenvalue weighted by Gasteiger charge is -2.38. The molecular weight excluding hydrogens is 126 g/mol. The highest BCUT2D eigenvalue weighted by Crippen LogP contribution is 2.18. The summed E-state index contributed by atoms with van der Waals surface area (Å²) in [6.07, 6.45) is 3.09. The molecule has 1 heterocycles. The predicted molar refractivity (Wildman–Crippen MR) is 40.7 cm³/mol. The van der Waals surface area contributed by atoms with Crippen LogP contribution in [-0.4, -0.2) is 23.4 Å². The zero-order valence-electron chi connectivity index (χ0n) is 6.76. The summed E-state index contributed by atoms with van der Waals surface area (Å²) in [5, 5.41) is 0. The summed E-state index contributed by atoms with van der Waals surface area (Å²) in [7, 11) is 0. The van der Waals surface area contributed by atoms with Crippen LogP contribution in [0.3, 0.4) is 0 Å². The lowest BCUT2D eigenvalue weighted by Crippen LogP contribution is -2.50.